The first kappa shape index (κ1) is 16.9. The highest BCUT2D eigenvalue weighted by atomic mass is 16.3. The molecule has 0 atom stereocenters. The van der Waals surface area contributed by atoms with Gasteiger partial charge in [-0.3, -0.25) is 9.78 Å². The van der Waals surface area contributed by atoms with E-state index in [4.69, 9.17) is 10.2 Å². The second-order valence-corrected chi connectivity index (χ2v) is 4.94. The highest BCUT2D eigenvalue weighted by molar-refractivity contribution is 6.07. The van der Waals surface area contributed by atoms with Crippen LogP contribution < -0.4 is 4.90 Å². The highest BCUT2D eigenvalue weighted by Crippen LogP contribution is 2.17. The normalized spacial score (nSPS) is 10.9. The van der Waals surface area contributed by atoms with E-state index in [0.29, 0.717) is 18.7 Å². The minimum absolute atomic E-state index is 0.0161. The molecule has 0 unspecified atom stereocenters. The summed E-state index contributed by atoms with van der Waals surface area (Å²) in [7, 11) is 0. The summed E-state index contributed by atoms with van der Waals surface area (Å²) in [5.74, 6) is -0.120. The van der Waals surface area contributed by atoms with Gasteiger partial charge in [0.1, 0.15) is 0 Å². The summed E-state index contributed by atoms with van der Waals surface area (Å²) in [6.07, 6.45) is 4.84. The first-order chi connectivity index (χ1) is 11.2. The maximum Gasteiger partial charge on any atom is 0.185 e. The molecule has 5 nitrogen and oxygen atoms in total. The smallest absolute Gasteiger partial charge is 0.185 e. The molecule has 120 valence electrons. The molecular formula is C18H20N2O3. The van der Waals surface area contributed by atoms with Crippen LogP contribution in [0, 0.1) is 0 Å². The first-order valence-corrected chi connectivity index (χ1v) is 7.45. The number of pyridine rings is 1. The number of ketones is 1. The Hall–Kier alpha value is -2.50. The van der Waals surface area contributed by atoms with Crippen molar-refractivity contribution < 1.29 is 15.0 Å². The third kappa shape index (κ3) is 5.02. The Morgan fingerprint density at radius 2 is 1.87 bits per heavy atom. The van der Waals surface area contributed by atoms with Gasteiger partial charge in [0, 0.05) is 30.5 Å². The van der Waals surface area contributed by atoms with E-state index in [1.165, 1.54) is 6.08 Å². The average Bonchev–Trinajstić information content (AvgIpc) is 2.60. The number of hydrogen-bond donors (Lipinski definition) is 2. The Bertz CT molecular complexity index is 650. The van der Waals surface area contributed by atoms with Crippen LogP contribution in [-0.2, 0) is 0 Å². The van der Waals surface area contributed by atoms with Crippen LogP contribution in [0.1, 0.15) is 16.1 Å². The lowest BCUT2D eigenvalue weighted by molar-refractivity contribution is 0.104. The number of aliphatic hydroxyl groups excluding tert-OH is 2. The van der Waals surface area contributed by atoms with Crippen molar-refractivity contribution in [2.45, 2.75) is 0 Å². The van der Waals surface area contributed by atoms with Crippen LogP contribution >= 0.6 is 0 Å². The van der Waals surface area contributed by atoms with E-state index in [-0.39, 0.29) is 19.0 Å². The van der Waals surface area contributed by atoms with Gasteiger partial charge in [0.05, 0.1) is 18.9 Å². The zero-order valence-electron chi connectivity index (χ0n) is 12.8. The van der Waals surface area contributed by atoms with Gasteiger partial charge in [-0.2, -0.15) is 0 Å². The monoisotopic (exact) mass is 312 g/mol. The zero-order valence-corrected chi connectivity index (χ0v) is 12.8. The number of aromatic nitrogens is 1. The van der Waals surface area contributed by atoms with Crippen molar-refractivity contribution in [1.29, 1.82) is 0 Å². The second-order valence-electron chi connectivity index (χ2n) is 4.94. The Balaban J connectivity index is 2.15. The van der Waals surface area contributed by atoms with E-state index >= 15 is 0 Å². The summed E-state index contributed by atoms with van der Waals surface area (Å²) in [5.41, 5.74) is 2.07. The van der Waals surface area contributed by atoms with Crippen LogP contribution in [0.4, 0.5) is 5.69 Å². The molecule has 23 heavy (non-hydrogen) atoms. The van der Waals surface area contributed by atoms with Crippen LogP contribution in [0.15, 0.2) is 54.7 Å². The number of carbonyl (C=O) groups excluding carboxylic acids is 1. The summed E-state index contributed by atoms with van der Waals surface area (Å²) in [6.45, 7) is 0.777. The lowest BCUT2D eigenvalue weighted by Gasteiger charge is -2.23. The minimum atomic E-state index is -0.120. The maximum absolute atomic E-state index is 12.3. The lowest BCUT2D eigenvalue weighted by atomic mass is 10.1. The molecule has 0 saturated heterocycles. The Morgan fingerprint density at radius 3 is 2.52 bits per heavy atom. The number of aliphatic hydroxyl groups is 2. The van der Waals surface area contributed by atoms with Gasteiger partial charge >= 0.3 is 0 Å². The standard InChI is InChI=1S/C18H20N2O3/c21-12-10-20(11-13-22)17-6-3-4-15(14-17)18(23)8-7-16-5-1-2-9-19-16/h1-9,14,21-22H,10-13H2/b8-7+. The van der Waals surface area contributed by atoms with Crippen molar-refractivity contribution in [2.75, 3.05) is 31.2 Å². The summed E-state index contributed by atoms with van der Waals surface area (Å²) in [4.78, 5) is 18.2. The number of hydrogen-bond acceptors (Lipinski definition) is 5. The van der Waals surface area contributed by atoms with Crippen LogP contribution in [-0.4, -0.2) is 47.3 Å². The third-order valence-corrected chi connectivity index (χ3v) is 3.33. The fourth-order valence-electron chi connectivity index (χ4n) is 2.20. The summed E-state index contributed by atoms with van der Waals surface area (Å²) < 4.78 is 0. The predicted octanol–water partition coefficient (Wildman–Crippen LogP) is 1.77. The molecule has 5 heteroatoms. The second kappa shape index (κ2) is 8.82. The molecular weight excluding hydrogens is 292 g/mol. The van der Waals surface area contributed by atoms with E-state index < -0.39 is 0 Å². The largest absolute Gasteiger partial charge is 0.395 e. The van der Waals surface area contributed by atoms with Crippen molar-refractivity contribution in [2.24, 2.45) is 0 Å². The van der Waals surface area contributed by atoms with E-state index in [1.807, 2.05) is 29.2 Å². The van der Waals surface area contributed by atoms with Gasteiger partial charge in [-0.1, -0.05) is 18.2 Å². The number of benzene rings is 1. The molecule has 0 aliphatic rings. The van der Waals surface area contributed by atoms with Gasteiger partial charge < -0.3 is 15.1 Å². The Labute approximate surface area is 135 Å². The molecule has 0 saturated carbocycles. The molecule has 0 aliphatic carbocycles. The fourth-order valence-corrected chi connectivity index (χ4v) is 2.20. The van der Waals surface area contributed by atoms with Crippen LogP contribution in [0.5, 0.6) is 0 Å². The van der Waals surface area contributed by atoms with Crippen molar-refractivity contribution in [3.63, 3.8) is 0 Å². The van der Waals surface area contributed by atoms with Gasteiger partial charge in [0.15, 0.2) is 5.78 Å². The van der Waals surface area contributed by atoms with Crippen molar-refractivity contribution in [3.05, 3.63) is 66.0 Å². The highest BCUT2D eigenvalue weighted by Gasteiger charge is 2.08. The molecule has 0 bridgehead atoms. The molecule has 2 N–H and O–H groups in total. The Morgan fingerprint density at radius 1 is 1.09 bits per heavy atom. The third-order valence-electron chi connectivity index (χ3n) is 3.33. The van der Waals surface area contributed by atoms with Gasteiger partial charge in [-0.15, -0.1) is 0 Å². The van der Waals surface area contributed by atoms with Gasteiger partial charge in [-0.05, 0) is 36.4 Å². The predicted molar refractivity (Wildman–Crippen MR) is 90.4 cm³/mol. The van der Waals surface area contributed by atoms with Gasteiger partial charge in [0.25, 0.3) is 0 Å². The average molecular weight is 312 g/mol. The molecule has 2 rings (SSSR count). The molecule has 1 aromatic carbocycles. The van der Waals surface area contributed by atoms with E-state index in [0.717, 1.165) is 11.4 Å². The SMILES string of the molecule is O=C(/C=C/c1ccccn1)c1cccc(N(CCO)CCO)c1. The van der Waals surface area contributed by atoms with E-state index in [9.17, 15) is 4.79 Å². The Kier molecular flexibility index (Phi) is 6.47. The van der Waals surface area contributed by atoms with Crippen LogP contribution in [0.3, 0.4) is 0 Å². The molecule has 1 aromatic heterocycles. The van der Waals surface area contributed by atoms with Gasteiger partial charge in [0.2, 0.25) is 0 Å². The van der Waals surface area contributed by atoms with Crippen LogP contribution in [0.2, 0.25) is 0 Å². The number of rotatable bonds is 8. The molecule has 2 aromatic rings. The van der Waals surface area contributed by atoms with Crippen molar-refractivity contribution in [3.8, 4) is 0 Å². The number of carbonyl (C=O) groups is 1. The summed E-state index contributed by atoms with van der Waals surface area (Å²) in [6, 6.07) is 12.6. The molecule has 1 heterocycles. The molecule has 0 amide bonds. The topological polar surface area (TPSA) is 73.7 Å². The van der Waals surface area contributed by atoms with E-state index in [2.05, 4.69) is 4.98 Å². The first-order valence-electron chi connectivity index (χ1n) is 7.45. The molecule has 0 fully saturated rings. The summed E-state index contributed by atoms with van der Waals surface area (Å²) in [5, 5.41) is 18.2. The van der Waals surface area contributed by atoms with Gasteiger partial charge in [-0.25, -0.2) is 0 Å². The van der Waals surface area contributed by atoms with Crippen molar-refractivity contribution in [1.82, 2.24) is 4.98 Å². The molecule has 0 spiro atoms. The number of allylic oxidation sites excluding steroid dienone is 1. The van der Waals surface area contributed by atoms with Crippen LogP contribution in [0.25, 0.3) is 6.08 Å². The van der Waals surface area contributed by atoms with E-state index in [1.54, 1.807) is 30.5 Å². The summed E-state index contributed by atoms with van der Waals surface area (Å²) >= 11 is 0. The van der Waals surface area contributed by atoms with Crippen molar-refractivity contribution >= 4 is 17.5 Å². The number of nitrogens with zero attached hydrogens (tertiary/aromatic N) is 2. The lowest BCUT2D eigenvalue weighted by Crippen LogP contribution is -2.29. The maximum atomic E-state index is 12.3. The zero-order chi connectivity index (χ0) is 16.5. The minimum Gasteiger partial charge on any atom is -0.395 e. The fraction of sp³-hybridized carbons (Fsp3) is 0.222. The number of anilines is 1. The molecule has 0 aliphatic heterocycles. The molecule has 0 radical (unpaired) electrons. The quantitative estimate of drug-likeness (QED) is 0.574.